The Bertz CT molecular complexity index is 798. The van der Waals surface area contributed by atoms with Crippen molar-refractivity contribution in [2.45, 2.75) is 12.7 Å². The molecule has 0 aliphatic carbocycles. The number of alkyl halides is 3. The van der Waals surface area contributed by atoms with Crippen LogP contribution < -0.4 is 5.32 Å². The van der Waals surface area contributed by atoms with Gasteiger partial charge in [0.25, 0.3) is 0 Å². The maximum absolute atomic E-state index is 13.3. The third kappa shape index (κ3) is 6.38. The summed E-state index contributed by atoms with van der Waals surface area (Å²) >= 11 is 5.49. The summed E-state index contributed by atoms with van der Waals surface area (Å²) in [4.78, 5) is 8.15. The normalized spacial score (nSPS) is 15.1. The van der Waals surface area contributed by atoms with E-state index in [2.05, 4.69) is 15.2 Å². The van der Waals surface area contributed by atoms with Gasteiger partial charge < -0.3 is 15.0 Å². The van der Waals surface area contributed by atoms with Gasteiger partial charge in [0.15, 0.2) is 5.11 Å². The van der Waals surface area contributed by atoms with Gasteiger partial charge in [0.05, 0.1) is 24.5 Å². The van der Waals surface area contributed by atoms with Crippen LogP contribution in [0, 0.1) is 0 Å². The van der Waals surface area contributed by atoms with E-state index in [1.165, 1.54) is 12.1 Å². The largest absolute Gasteiger partial charge is 0.418 e. The van der Waals surface area contributed by atoms with Crippen molar-refractivity contribution in [3.05, 3.63) is 59.9 Å². The zero-order valence-electron chi connectivity index (χ0n) is 15.9. The molecule has 29 heavy (non-hydrogen) atoms. The van der Waals surface area contributed by atoms with E-state index in [4.69, 9.17) is 17.0 Å². The molecule has 0 radical (unpaired) electrons. The molecule has 0 unspecified atom stereocenters. The Hall–Kier alpha value is -2.23. The van der Waals surface area contributed by atoms with Crippen LogP contribution in [0.4, 0.5) is 18.9 Å². The van der Waals surface area contributed by atoms with E-state index in [0.29, 0.717) is 26.3 Å². The van der Waals surface area contributed by atoms with Gasteiger partial charge in [-0.15, -0.1) is 0 Å². The zero-order valence-corrected chi connectivity index (χ0v) is 16.7. The second-order valence-corrected chi connectivity index (χ2v) is 7.09. The highest BCUT2D eigenvalue weighted by Gasteiger charge is 2.33. The first kappa shape index (κ1) is 21.5. The molecule has 1 aliphatic rings. The van der Waals surface area contributed by atoms with Gasteiger partial charge in [-0.1, -0.05) is 12.1 Å². The van der Waals surface area contributed by atoms with Crippen LogP contribution in [0.5, 0.6) is 0 Å². The molecule has 2 heterocycles. The summed E-state index contributed by atoms with van der Waals surface area (Å²) in [5.74, 6) is 0. The van der Waals surface area contributed by atoms with Gasteiger partial charge in [-0.2, -0.15) is 13.2 Å². The van der Waals surface area contributed by atoms with Crippen LogP contribution in [-0.2, 0) is 17.5 Å². The molecular weight excluding hydrogens is 401 g/mol. The fourth-order valence-electron chi connectivity index (χ4n) is 3.08. The molecule has 1 aromatic carbocycles. The van der Waals surface area contributed by atoms with Crippen LogP contribution in [0.3, 0.4) is 0 Å². The molecule has 2 aromatic rings. The Labute approximate surface area is 173 Å². The summed E-state index contributed by atoms with van der Waals surface area (Å²) in [5.41, 5.74) is 0.200. The summed E-state index contributed by atoms with van der Waals surface area (Å²) in [6, 6.07) is 9.10. The van der Waals surface area contributed by atoms with Gasteiger partial charge in [-0.05, 0) is 42.0 Å². The number of hydrogen-bond donors (Lipinski definition) is 1. The predicted molar refractivity (Wildman–Crippen MR) is 110 cm³/mol. The van der Waals surface area contributed by atoms with Gasteiger partial charge in [0, 0.05) is 45.1 Å². The average molecular weight is 424 g/mol. The van der Waals surface area contributed by atoms with Crippen LogP contribution in [-0.4, -0.2) is 59.3 Å². The number of nitrogens with one attached hydrogen (secondary N) is 1. The molecule has 9 heteroatoms. The second-order valence-electron chi connectivity index (χ2n) is 6.70. The minimum absolute atomic E-state index is 0.0453. The number of para-hydroxylation sites is 1. The standard InChI is InChI=1S/C20H23F3N4OS/c21-20(22,23)17-3-1-2-4-18(17)25-19(29)27(15-16-5-7-24-8-6-16)10-9-26-11-13-28-14-12-26/h1-8H,9-15H2,(H,25,29). The lowest BCUT2D eigenvalue weighted by Crippen LogP contribution is -2.44. The molecule has 1 fully saturated rings. The molecule has 0 spiro atoms. The molecule has 1 N–H and O–H groups in total. The van der Waals surface area contributed by atoms with Crippen molar-refractivity contribution >= 4 is 23.0 Å². The number of pyridine rings is 1. The first-order chi connectivity index (χ1) is 13.9. The van der Waals surface area contributed by atoms with Gasteiger partial charge in [-0.3, -0.25) is 9.88 Å². The van der Waals surface area contributed by atoms with E-state index in [-0.39, 0.29) is 10.8 Å². The van der Waals surface area contributed by atoms with Crippen LogP contribution in [0.15, 0.2) is 48.8 Å². The highest BCUT2D eigenvalue weighted by atomic mass is 32.1. The number of halogens is 3. The number of anilines is 1. The number of aromatic nitrogens is 1. The van der Waals surface area contributed by atoms with Crippen molar-refractivity contribution in [3.63, 3.8) is 0 Å². The number of hydrogen-bond acceptors (Lipinski definition) is 4. The van der Waals surface area contributed by atoms with Crippen molar-refractivity contribution in [2.75, 3.05) is 44.7 Å². The van der Waals surface area contributed by atoms with Crippen molar-refractivity contribution < 1.29 is 17.9 Å². The van der Waals surface area contributed by atoms with Crippen molar-refractivity contribution in [2.24, 2.45) is 0 Å². The number of rotatable bonds is 6. The third-order valence-corrected chi connectivity index (χ3v) is 5.03. The van der Waals surface area contributed by atoms with E-state index in [0.717, 1.165) is 31.3 Å². The molecule has 0 bridgehead atoms. The van der Waals surface area contributed by atoms with Gasteiger partial charge in [0.2, 0.25) is 0 Å². The van der Waals surface area contributed by atoms with E-state index >= 15 is 0 Å². The number of ether oxygens (including phenoxy) is 1. The Morgan fingerprint density at radius 1 is 1.14 bits per heavy atom. The van der Waals surface area contributed by atoms with Crippen LogP contribution in [0.25, 0.3) is 0 Å². The lowest BCUT2D eigenvalue weighted by atomic mass is 10.1. The van der Waals surface area contributed by atoms with Gasteiger partial charge in [-0.25, -0.2) is 0 Å². The molecule has 1 aromatic heterocycles. The summed E-state index contributed by atoms with van der Waals surface area (Å²) < 4.78 is 45.3. The minimum Gasteiger partial charge on any atom is -0.379 e. The monoisotopic (exact) mass is 424 g/mol. The SMILES string of the molecule is FC(F)(F)c1ccccc1NC(=S)N(CCN1CCOCC1)Cc1ccncc1. The van der Waals surface area contributed by atoms with Crippen LogP contribution in [0.1, 0.15) is 11.1 Å². The number of morpholine rings is 1. The highest BCUT2D eigenvalue weighted by Crippen LogP contribution is 2.34. The van der Waals surface area contributed by atoms with Crippen molar-refractivity contribution in [1.82, 2.24) is 14.8 Å². The van der Waals surface area contributed by atoms with E-state index in [9.17, 15) is 13.2 Å². The number of thiocarbonyl (C=S) groups is 1. The molecule has 1 aliphatic heterocycles. The molecule has 0 saturated carbocycles. The molecule has 0 amide bonds. The lowest BCUT2D eigenvalue weighted by molar-refractivity contribution is -0.136. The van der Waals surface area contributed by atoms with E-state index < -0.39 is 11.7 Å². The number of nitrogens with zero attached hydrogens (tertiary/aromatic N) is 3. The Morgan fingerprint density at radius 2 is 1.83 bits per heavy atom. The Kier molecular flexibility index (Phi) is 7.40. The van der Waals surface area contributed by atoms with Gasteiger partial charge >= 0.3 is 6.18 Å². The Balaban J connectivity index is 1.73. The summed E-state index contributed by atoms with van der Waals surface area (Å²) in [5, 5.41) is 3.06. The van der Waals surface area contributed by atoms with Gasteiger partial charge in [0.1, 0.15) is 0 Å². The minimum atomic E-state index is -4.46. The Morgan fingerprint density at radius 3 is 2.52 bits per heavy atom. The molecule has 3 rings (SSSR count). The van der Waals surface area contributed by atoms with Crippen molar-refractivity contribution in [3.8, 4) is 0 Å². The fraction of sp³-hybridized carbons (Fsp3) is 0.400. The van der Waals surface area contributed by atoms with Crippen molar-refractivity contribution in [1.29, 1.82) is 0 Å². The van der Waals surface area contributed by atoms with Crippen LogP contribution >= 0.6 is 12.2 Å². The molecule has 156 valence electrons. The fourth-order valence-corrected chi connectivity index (χ4v) is 3.35. The maximum Gasteiger partial charge on any atom is 0.418 e. The lowest BCUT2D eigenvalue weighted by Gasteiger charge is -2.31. The quantitative estimate of drug-likeness (QED) is 0.715. The van der Waals surface area contributed by atoms with Crippen LogP contribution in [0.2, 0.25) is 0 Å². The summed E-state index contributed by atoms with van der Waals surface area (Å²) in [7, 11) is 0. The molecule has 1 saturated heterocycles. The maximum atomic E-state index is 13.3. The van der Waals surface area contributed by atoms with E-state index in [1.54, 1.807) is 18.5 Å². The second kappa shape index (κ2) is 10.00. The predicted octanol–water partition coefficient (Wildman–Crippen LogP) is 3.63. The first-order valence-electron chi connectivity index (χ1n) is 9.34. The topological polar surface area (TPSA) is 40.6 Å². The summed E-state index contributed by atoms with van der Waals surface area (Å²) in [6.07, 6.45) is -1.08. The van der Waals surface area contributed by atoms with E-state index in [1.807, 2.05) is 17.0 Å². The third-order valence-electron chi connectivity index (χ3n) is 4.67. The summed E-state index contributed by atoms with van der Waals surface area (Å²) in [6.45, 7) is 4.85. The zero-order chi connectivity index (χ0) is 20.7. The number of benzene rings is 1. The smallest absolute Gasteiger partial charge is 0.379 e. The first-order valence-corrected chi connectivity index (χ1v) is 9.75. The molecule has 0 atom stereocenters. The molecular formula is C20H23F3N4OS. The average Bonchev–Trinajstić information content (AvgIpc) is 2.72. The molecule has 5 nitrogen and oxygen atoms in total. The highest BCUT2D eigenvalue weighted by molar-refractivity contribution is 7.80.